The predicted molar refractivity (Wildman–Crippen MR) is 119 cm³/mol. The number of pyridine rings is 2. The fourth-order valence-electron chi connectivity index (χ4n) is 3.67. The van der Waals surface area contributed by atoms with Gasteiger partial charge >= 0.3 is 0 Å². The van der Waals surface area contributed by atoms with Gasteiger partial charge in [0.2, 0.25) is 0 Å². The van der Waals surface area contributed by atoms with Crippen molar-refractivity contribution in [3.05, 3.63) is 66.4 Å². The van der Waals surface area contributed by atoms with Crippen LogP contribution >= 0.6 is 12.4 Å². The summed E-state index contributed by atoms with van der Waals surface area (Å²) in [4.78, 5) is 25.2. The predicted octanol–water partition coefficient (Wildman–Crippen LogP) is 3.13. The summed E-state index contributed by atoms with van der Waals surface area (Å²) >= 11 is 0. The van der Waals surface area contributed by atoms with E-state index in [1.54, 1.807) is 36.8 Å². The van der Waals surface area contributed by atoms with Gasteiger partial charge in [-0.2, -0.15) is 0 Å². The first-order valence-electron chi connectivity index (χ1n) is 9.90. The molecule has 1 aliphatic rings. The number of benzene rings is 1. The molecule has 1 saturated heterocycles. The van der Waals surface area contributed by atoms with Gasteiger partial charge in [0, 0.05) is 56.7 Å². The first-order valence-corrected chi connectivity index (χ1v) is 9.90. The van der Waals surface area contributed by atoms with E-state index in [1.807, 2.05) is 12.1 Å². The Labute approximate surface area is 181 Å². The Kier molecular flexibility index (Phi) is 7.54. The standard InChI is InChI=1S/C22H24FN5O.ClH/c23-19-4-5-20-17(15-19)6-9-25-21(20)28-13-11-27(12-14-28)10-2-8-26-22(29)18-3-1-7-24-16-18;/h1,3-7,9,15-16H,2,8,10-14H2,(H,26,29);1H. The first kappa shape index (κ1) is 21.9. The zero-order valence-corrected chi connectivity index (χ0v) is 17.4. The summed E-state index contributed by atoms with van der Waals surface area (Å²) in [6.07, 6.45) is 5.87. The van der Waals surface area contributed by atoms with E-state index in [0.29, 0.717) is 12.1 Å². The summed E-state index contributed by atoms with van der Waals surface area (Å²) in [6, 6.07) is 10.2. The number of nitrogens with one attached hydrogen (secondary N) is 1. The number of carbonyl (C=O) groups excluding carboxylic acids is 1. The average molecular weight is 430 g/mol. The third-order valence-corrected chi connectivity index (χ3v) is 5.24. The summed E-state index contributed by atoms with van der Waals surface area (Å²) in [6.45, 7) is 5.22. The van der Waals surface area contributed by atoms with Crippen LogP contribution in [0.15, 0.2) is 55.0 Å². The monoisotopic (exact) mass is 429 g/mol. The Bertz CT molecular complexity index is 980. The summed E-state index contributed by atoms with van der Waals surface area (Å²) in [5.74, 6) is 0.613. The molecule has 1 amide bonds. The second-order valence-corrected chi connectivity index (χ2v) is 7.18. The van der Waals surface area contributed by atoms with E-state index in [2.05, 4.69) is 25.1 Å². The molecule has 1 aliphatic heterocycles. The highest BCUT2D eigenvalue weighted by Gasteiger charge is 2.19. The lowest BCUT2D eigenvalue weighted by Gasteiger charge is -2.35. The number of nitrogens with zero attached hydrogens (tertiary/aromatic N) is 4. The number of piperazine rings is 1. The molecule has 0 bridgehead atoms. The Morgan fingerprint density at radius 2 is 1.93 bits per heavy atom. The number of anilines is 1. The van der Waals surface area contributed by atoms with Crippen LogP contribution in [0.2, 0.25) is 0 Å². The van der Waals surface area contributed by atoms with E-state index in [0.717, 1.165) is 55.7 Å². The van der Waals surface area contributed by atoms with Gasteiger partial charge in [-0.05, 0) is 54.8 Å². The molecule has 158 valence electrons. The molecule has 0 spiro atoms. The maximum atomic E-state index is 13.5. The minimum atomic E-state index is -0.227. The van der Waals surface area contributed by atoms with Crippen molar-refractivity contribution in [1.82, 2.24) is 20.2 Å². The highest BCUT2D eigenvalue weighted by molar-refractivity contribution is 5.93. The van der Waals surface area contributed by atoms with Gasteiger partial charge in [0.15, 0.2) is 0 Å². The van der Waals surface area contributed by atoms with Crippen molar-refractivity contribution in [2.24, 2.45) is 0 Å². The molecule has 0 saturated carbocycles. The third kappa shape index (κ3) is 5.23. The topological polar surface area (TPSA) is 61.4 Å². The van der Waals surface area contributed by atoms with Crippen molar-refractivity contribution < 1.29 is 9.18 Å². The van der Waals surface area contributed by atoms with Crippen molar-refractivity contribution in [2.45, 2.75) is 6.42 Å². The Morgan fingerprint density at radius 1 is 1.10 bits per heavy atom. The lowest BCUT2D eigenvalue weighted by molar-refractivity contribution is 0.0951. The summed E-state index contributed by atoms with van der Waals surface area (Å²) < 4.78 is 13.5. The molecule has 0 unspecified atom stereocenters. The van der Waals surface area contributed by atoms with Crippen molar-refractivity contribution in [1.29, 1.82) is 0 Å². The molecule has 1 N–H and O–H groups in total. The number of carbonyl (C=O) groups is 1. The maximum absolute atomic E-state index is 13.5. The lowest BCUT2D eigenvalue weighted by atomic mass is 10.1. The van der Waals surface area contributed by atoms with Crippen LogP contribution in [0.4, 0.5) is 10.2 Å². The molecule has 0 aliphatic carbocycles. The Hall–Kier alpha value is -2.77. The van der Waals surface area contributed by atoms with Crippen LogP contribution in [-0.4, -0.2) is 60.0 Å². The fraction of sp³-hybridized carbons (Fsp3) is 0.318. The van der Waals surface area contributed by atoms with Crippen molar-refractivity contribution in [2.75, 3.05) is 44.2 Å². The molecular formula is C22H25ClFN5O. The Morgan fingerprint density at radius 3 is 2.70 bits per heavy atom. The number of fused-ring (bicyclic) bond motifs is 1. The average Bonchev–Trinajstić information content (AvgIpc) is 2.77. The molecule has 0 atom stereocenters. The van der Waals surface area contributed by atoms with E-state index in [1.165, 1.54) is 6.07 Å². The summed E-state index contributed by atoms with van der Waals surface area (Å²) in [5.41, 5.74) is 0.587. The van der Waals surface area contributed by atoms with E-state index in [-0.39, 0.29) is 24.1 Å². The maximum Gasteiger partial charge on any atom is 0.252 e. The van der Waals surface area contributed by atoms with Gasteiger partial charge in [0.05, 0.1) is 5.56 Å². The van der Waals surface area contributed by atoms with Crippen molar-refractivity contribution >= 4 is 34.9 Å². The van der Waals surface area contributed by atoms with Gasteiger partial charge in [-0.1, -0.05) is 0 Å². The van der Waals surface area contributed by atoms with E-state index in [4.69, 9.17) is 0 Å². The molecule has 3 heterocycles. The van der Waals surface area contributed by atoms with Crippen LogP contribution in [0, 0.1) is 5.82 Å². The van der Waals surface area contributed by atoms with Crippen LogP contribution in [0.25, 0.3) is 10.8 Å². The van der Waals surface area contributed by atoms with Crippen molar-refractivity contribution in [3.8, 4) is 0 Å². The zero-order chi connectivity index (χ0) is 20.1. The molecule has 30 heavy (non-hydrogen) atoms. The smallest absolute Gasteiger partial charge is 0.252 e. The van der Waals surface area contributed by atoms with Crippen LogP contribution < -0.4 is 10.2 Å². The number of amides is 1. The molecule has 6 nitrogen and oxygen atoms in total. The van der Waals surface area contributed by atoms with E-state index in [9.17, 15) is 9.18 Å². The molecule has 0 radical (unpaired) electrons. The molecular weight excluding hydrogens is 405 g/mol. The van der Waals surface area contributed by atoms with Gasteiger partial charge in [0.25, 0.3) is 5.91 Å². The van der Waals surface area contributed by atoms with Crippen LogP contribution in [0.3, 0.4) is 0 Å². The minimum absolute atomic E-state index is 0. The summed E-state index contributed by atoms with van der Waals surface area (Å²) in [5, 5.41) is 4.80. The number of aromatic nitrogens is 2. The normalized spacial score (nSPS) is 14.4. The van der Waals surface area contributed by atoms with Gasteiger partial charge < -0.3 is 10.2 Å². The van der Waals surface area contributed by atoms with Gasteiger partial charge in [-0.3, -0.25) is 14.7 Å². The van der Waals surface area contributed by atoms with Crippen LogP contribution in [0.5, 0.6) is 0 Å². The molecule has 1 fully saturated rings. The fourth-order valence-corrected chi connectivity index (χ4v) is 3.67. The second-order valence-electron chi connectivity index (χ2n) is 7.18. The van der Waals surface area contributed by atoms with Crippen molar-refractivity contribution in [3.63, 3.8) is 0 Å². The van der Waals surface area contributed by atoms with Gasteiger partial charge in [-0.15, -0.1) is 12.4 Å². The Balaban J connectivity index is 0.00000256. The molecule has 3 aromatic rings. The van der Waals surface area contributed by atoms with Crippen LogP contribution in [-0.2, 0) is 0 Å². The van der Waals surface area contributed by atoms with Crippen LogP contribution in [0.1, 0.15) is 16.8 Å². The lowest BCUT2D eigenvalue weighted by Crippen LogP contribution is -2.47. The molecule has 4 rings (SSSR count). The zero-order valence-electron chi connectivity index (χ0n) is 16.6. The molecule has 1 aromatic carbocycles. The van der Waals surface area contributed by atoms with E-state index >= 15 is 0 Å². The largest absolute Gasteiger partial charge is 0.354 e. The number of hydrogen-bond donors (Lipinski definition) is 1. The quantitative estimate of drug-likeness (QED) is 0.610. The number of halogens is 2. The molecule has 8 heteroatoms. The van der Waals surface area contributed by atoms with E-state index < -0.39 is 0 Å². The second kappa shape index (κ2) is 10.3. The minimum Gasteiger partial charge on any atom is -0.354 e. The SMILES string of the molecule is Cl.O=C(NCCCN1CCN(c2nccc3cc(F)ccc23)CC1)c1cccnc1. The third-order valence-electron chi connectivity index (χ3n) is 5.24. The highest BCUT2D eigenvalue weighted by atomic mass is 35.5. The summed E-state index contributed by atoms with van der Waals surface area (Å²) in [7, 11) is 0. The number of hydrogen-bond acceptors (Lipinski definition) is 5. The highest BCUT2D eigenvalue weighted by Crippen LogP contribution is 2.25. The number of rotatable bonds is 6. The van der Waals surface area contributed by atoms with Gasteiger partial charge in [0.1, 0.15) is 11.6 Å². The molecule has 2 aromatic heterocycles. The van der Waals surface area contributed by atoms with Gasteiger partial charge in [-0.25, -0.2) is 9.37 Å². The first-order chi connectivity index (χ1) is 14.2.